The van der Waals surface area contributed by atoms with E-state index in [1.54, 1.807) is 0 Å². The zero-order valence-corrected chi connectivity index (χ0v) is 12.0. The standard InChI is InChI=1S/C13H27N3O2/c1-9(2)15-13(17)5-12(6-14)16-7-10(3)18-11(4)8-16/h9-12H,5-8,14H2,1-4H3,(H,15,17). The van der Waals surface area contributed by atoms with Gasteiger partial charge in [0.2, 0.25) is 5.91 Å². The van der Waals surface area contributed by atoms with Crippen LogP contribution in [0.15, 0.2) is 0 Å². The molecule has 5 heteroatoms. The molecule has 0 aromatic rings. The van der Waals surface area contributed by atoms with Crippen LogP contribution in [0.1, 0.15) is 34.1 Å². The van der Waals surface area contributed by atoms with E-state index >= 15 is 0 Å². The number of ether oxygens (including phenoxy) is 1. The van der Waals surface area contributed by atoms with Gasteiger partial charge in [-0.25, -0.2) is 0 Å². The van der Waals surface area contributed by atoms with E-state index in [2.05, 4.69) is 24.1 Å². The molecule has 18 heavy (non-hydrogen) atoms. The van der Waals surface area contributed by atoms with E-state index in [9.17, 15) is 4.79 Å². The lowest BCUT2D eigenvalue weighted by Crippen LogP contribution is -2.53. The Hall–Kier alpha value is -0.650. The van der Waals surface area contributed by atoms with Crippen molar-refractivity contribution in [3.63, 3.8) is 0 Å². The minimum Gasteiger partial charge on any atom is -0.373 e. The Balaban J connectivity index is 2.51. The first-order valence-electron chi connectivity index (χ1n) is 6.81. The van der Waals surface area contributed by atoms with Crippen molar-refractivity contribution < 1.29 is 9.53 Å². The van der Waals surface area contributed by atoms with E-state index < -0.39 is 0 Å². The molecule has 0 saturated carbocycles. The Morgan fingerprint density at radius 1 is 1.39 bits per heavy atom. The van der Waals surface area contributed by atoms with Crippen LogP contribution in [-0.2, 0) is 9.53 Å². The van der Waals surface area contributed by atoms with Gasteiger partial charge >= 0.3 is 0 Å². The highest BCUT2D eigenvalue weighted by molar-refractivity contribution is 5.76. The van der Waals surface area contributed by atoms with E-state index in [1.165, 1.54) is 0 Å². The molecule has 3 atom stereocenters. The number of hydrogen-bond donors (Lipinski definition) is 2. The third-order valence-corrected chi connectivity index (χ3v) is 3.11. The second-order valence-electron chi connectivity index (χ2n) is 5.53. The van der Waals surface area contributed by atoms with Gasteiger partial charge in [0.05, 0.1) is 12.2 Å². The van der Waals surface area contributed by atoms with E-state index in [4.69, 9.17) is 10.5 Å². The van der Waals surface area contributed by atoms with Crippen molar-refractivity contribution in [3.8, 4) is 0 Å². The van der Waals surface area contributed by atoms with Gasteiger partial charge in [-0.3, -0.25) is 9.69 Å². The Bertz CT molecular complexity index is 261. The molecule has 0 spiro atoms. The molecule has 5 nitrogen and oxygen atoms in total. The maximum Gasteiger partial charge on any atom is 0.221 e. The molecule has 0 aliphatic carbocycles. The number of nitrogens with two attached hydrogens (primary N) is 1. The summed E-state index contributed by atoms with van der Waals surface area (Å²) in [6.07, 6.45) is 0.876. The van der Waals surface area contributed by atoms with Crippen molar-refractivity contribution in [3.05, 3.63) is 0 Å². The lowest BCUT2D eigenvalue weighted by atomic mass is 10.1. The van der Waals surface area contributed by atoms with Gasteiger partial charge in [-0.15, -0.1) is 0 Å². The highest BCUT2D eigenvalue weighted by Crippen LogP contribution is 2.15. The SMILES string of the molecule is CC(C)NC(=O)CC(CN)N1CC(C)OC(C)C1. The molecule has 1 amide bonds. The molecule has 0 aromatic heterocycles. The molecule has 1 fully saturated rings. The van der Waals surface area contributed by atoms with Crippen LogP contribution in [0.25, 0.3) is 0 Å². The molecular weight excluding hydrogens is 230 g/mol. The summed E-state index contributed by atoms with van der Waals surface area (Å²) in [5, 5.41) is 2.92. The largest absolute Gasteiger partial charge is 0.373 e. The zero-order valence-electron chi connectivity index (χ0n) is 12.0. The number of amides is 1. The van der Waals surface area contributed by atoms with Crippen molar-refractivity contribution in [1.29, 1.82) is 0 Å². The van der Waals surface area contributed by atoms with Crippen LogP contribution >= 0.6 is 0 Å². The van der Waals surface area contributed by atoms with Gasteiger partial charge in [0.1, 0.15) is 0 Å². The number of hydrogen-bond acceptors (Lipinski definition) is 4. The number of carbonyl (C=O) groups excluding carboxylic acids is 1. The lowest BCUT2D eigenvalue weighted by Gasteiger charge is -2.39. The van der Waals surface area contributed by atoms with Crippen LogP contribution in [0.4, 0.5) is 0 Å². The van der Waals surface area contributed by atoms with Gasteiger partial charge < -0.3 is 15.8 Å². The van der Waals surface area contributed by atoms with Gasteiger partial charge in [-0.2, -0.15) is 0 Å². The lowest BCUT2D eigenvalue weighted by molar-refractivity contribution is -0.124. The first-order chi connectivity index (χ1) is 8.42. The average molecular weight is 257 g/mol. The third kappa shape index (κ3) is 4.92. The fraction of sp³-hybridized carbons (Fsp3) is 0.923. The van der Waals surface area contributed by atoms with Crippen molar-refractivity contribution in [1.82, 2.24) is 10.2 Å². The molecule has 0 radical (unpaired) electrons. The molecule has 3 unspecified atom stereocenters. The van der Waals surface area contributed by atoms with Crippen LogP contribution in [0, 0.1) is 0 Å². The smallest absolute Gasteiger partial charge is 0.221 e. The number of carbonyl (C=O) groups is 1. The van der Waals surface area contributed by atoms with Crippen LogP contribution < -0.4 is 11.1 Å². The minimum atomic E-state index is 0.0762. The van der Waals surface area contributed by atoms with Gasteiger partial charge in [-0.05, 0) is 27.7 Å². The summed E-state index contributed by atoms with van der Waals surface area (Å²) in [6, 6.07) is 0.288. The number of nitrogens with zero attached hydrogens (tertiary/aromatic N) is 1. The number of nitrogens with one attached hydrogen (secondary N) is 1. The predicted molar refractivity (Wildman–Crippen MR) is 72.3 cm³/mol. The normalized spacial score (nSPS) is 27.2. The molecule has 1 saturated heterocycles. The van der Waals surface area contributed by atoms with E-state index in [1.807, 2.05) is 13.8 Å². The van der Waals surface area contributed by atoms with Crippen LogP contribution in [0.5, 0.6) is 0 Å². The summed E-state index contributed by atoms with van der Waals surface area (Å²) in [7, 11) is 0. The van der Waals surface area contributed by atoms with Gasteiger partial charge in [0, 0.05) is 38.1 Å². The van der Waals surface area contributed by atoms with Crippen LogP contribution in [0.2, 0.25) is 0 Å². The third-order valence-electron chi connectivity index (χ3n) is 3.11. The monoisotopic (exact) mass is 257 g/mol. The first kappa shape index (κ1) is 15.4. The maximum absolute atomic E-state index is 11.8. The van der Waals surface area contributed by atoms with Crippen molar-refractivity contribution in [2.75, 3.05) is 19.6 Å². The topological polar surface area (TPSA) is 67.6 Å². The predicted octanol–water partition coefficient (Wildman–Crippen LogP) is 0.338. The maximum atomic E-state index is 11.8. The summed E-state index contributed by atoms with van der Waals surface area (Å²) in [5.41, 5.74) is 5.81. The molecule has 3 N–H and O–H groups in total. The second-order valence-corrected chi connectivity index (χ2v) is 5.53. The van der Waals surface area contributed by atoms with E-state index in [0.29, 0.717) is 13.0 Å². The van der Waals surface area contributed by atoms with E-state index in [-0.39, 0.29) is 30.2 Å². The molecule has 0 bridgehead atoms. The molecule has 1 heterocycles. The molecule has 1 rings (SSSR count). The number of rotatable bonds is 5. The second kappa shape index (κ2) is 7.07. The molecule has 0 aromatic carbocycles. The van der Waals surface area contributed by atoms with Crippen molar-refractivity contribution in [2.24, 2.45) is 5.73 Å². The quantitative estimate of drug-likeness (QED) is 0.745. The minimum absolute atomic E-state index is 0.0762. The van der Waals surface area contributed by atoms with Crippen LogP contribution in [-0.4, -0.2) is 54.7 Å². The van der Waals surface area contributed by atoms with Gasteiger partial charge in [0.25, 0.3) is 0 Å². The Kier molecular flexibility index (Phi) is 6.05. The van der Waals surface area contributed by atoms with Crippen LogP contribution in [0.3, 0.4) is 0 Å². The van der Waals surface area contributed by atoms with Crippen molar-refractivity contribution >= 4 is 5.91 Å². The summed E-state index contributed by atoms with van der Waals surface area (Å²) < 4.78 is 5.70. The highest BCUT2D eigenvalue weighted by Gasteiger charge is 2.28. The number of morpholine rings is 1. The van der Waals surface area contributed by atoms with Gasteiger partial charge in [0.15, 0.2) is 0 Å². The Labute approximate surface area is 110 Å². The fourth-order valence-corrected chi connectivity index (χ4v) is 2.47. The Morgan fingerprint density at radius 2 is 1.94 bits per heavy atom. The zero-order chi connectivity index (χ0) is 13.7. The van der Waals surface area contributed by atoms with Gasteiger partial charge in [-0.1, -0.05) is 0 Å². The summed E-state index contributed by atoms with van der Waals surface area (Å²) in [5.74, 6) is 0.0762. The summed E-state index contributed by atoms with van der Waals surface area (Å²) >= 11 is 0. The van der Waals surface area contributed by atoms with E-state index in [0.717, 1.165) is 13.1 Å². The highest BCUT2D eigenvalue weighted by atomic mass is 16.5. The molecule has 1 aliphatic heterocycles. The first-order valence-corrected chi connectivity index (χ1v) is 6.81. The molecule has 1 aliphatic rings. The summed E-state index contributed by atoms with van der Waals surface area (Å²) in [4.78, 5) is 14.1. The molecular formula is C13H27N3O2. The fourth-order valence-electron chi connectivity index (χ4n) is 2.47. The Morgan fingerprint density at radius 3 is 2.39 bits per heavy atom. The summed E-state index contributed by atoms with van der Waals surface area (Å²) in [6.45, 7) is 10.3. The average Bonchev–Trinajstić information content (AvgIpc) is 2.23. The molecule has 106 valence electrons. The van der Waals surface area contributed by atoms with Crippen molar-refractivity contribution in [2.45, 2.75) is 58.4 Å².